The standard InChI is InChI=1S/C3H4FO5P/c1-2-3-7-9-10(5,6)8-4/h1H,3H2,(H,5,6). The molecular weight excluding hydrogens is 166 g/mol. The molecule has 0 radical (unpaired) electrons. The van der Waals surface area contributed by atoms with Gasteiger partial charge < -0.3 is 0 Å². The van der Waals surface area contributed by atoms with Crippen LogP contribution in [0.2, 0.25) is 0 Å². The summed E-state index contributed by atoms with van der Waals surface area (Å²) in [4.78, 5) is 11.9. The fraction of sp³-hybridized carbons (Fsp3) is 0.333. The van der Waals surface area contributed by atoms with Gasteiger partial charge in [-0.15, -0.1) is 11.1 Å². The molecule has 0 aliphatic heterocycles. The second-order valence-corrected chi connectivity index (χ2v) is 2.30. The number of rotatable bonds is 4. The Kier molecular flexibility index (Phi) is 4.19. The molecule has 0 saturated heterocycles. The third-order valence-electron chi connectivity index (χ3n) is 0.376. The van der Waals surface area contributed by atoms with Crippen LogP contribution in [0.1, 0.15) is 0 Å². The summed E-state index contributed by atoms with van der Waals surface area (Å²) in [5, 5.41) is 0. The van der Waals surface area contributed by atoms with Crippen LogP contribution in [0.25, 0.3) is 0 Å². The van der Waals surface area contributed by atoms with E-state index >= 15 is 0 Å². The normalized spacial score (nSPS) is 15.7. The van der Waals surface area contributed by atoms with Crippen molar-refractivity contribution in [2.45, 2.75) is 0 Å². The second-order valence-electron chi connectivity index (χ2n) is 1.08. The number of hydrogen-bond acceptors (Lipinski definition) is 4. The van der Waals surface area contributed by atoms with Crippen molar-refractivity contribution < 1.29 is 28.3 Å². The molecule has 0 aromatic rings. The van der Waals surface area contributed by atoms with Gasteiger partial charge >= 0.3 is 7.82 Å². The SMILES string of the molecule is C#CCOOP(=O)(O)OF. The molecule has 0 aromatic heterocycles. The van der Waals surface area contributed by atoms with E-state index in [-0.39, 0.29) is 6.61 Å². The lowest BCUT2D eigenvalue weighted by atomic mass is 10.8. The average molecular weight is 170 g/mol. The zero-order valence-electron chi connectivity index (χ0n) is 4.69. The Morgan fingerprint density at radius 1 is 1.80 bits per heavy atom. The molecule has 0 rings (SSSR count). The molecule has 0 amide bonds. The van der Waals surface area contributed by atoms with Gasteiger partial charge in [0, 0.05) is 0 Å². The molecule has 5 nitrogen and oxygen atoms in total. The molecular formula is C3H4FO5P. The van der Waals surface area contributed by atoms with E-state index in [9.17, 15) is 9.09 Å². The molecule has 58 valence electrons. The highest BCUT2D eigenvalue weighted by Crippen LogP contribution is 2.43. The first kappa shape index (κ1) is 9.56. The number of phosphoric acid groups is 1. The van der Waals surface area contributed by atoms with E-state index in [0.29, 0.717) is 0 Å². The summed E-state index contributed by atoms with van der Waals surface area (Å²) in [7, 11) is -4.69. The third-order valence-corrected chi connectivity index (χ3v) is 0.845. The van der Waals surface area contributed by atoms with Gasteiger partial charge in [0.15, 0.2) is 0 Å². The van der Waals surface area contributed by atoms with Crippen molar-refractivity contribution in [3.8, 4) is 12.3 Å². The topological polar surface area (TPSA) is 65.0 Å². The molecule has 0 aliphatic carbocycles. The summed E-state index contributed by atoms with van der Waals surface area (Å²) in [6.07, 6.45) is 4.64. The lowest BCUT2D eigenvalue weighted by Gasteiger charge is -2.01. The van der Waals surface area contributed by atoms with E-state index in [0.717, 1.165) is 0 Å². The van der Waals surface area contributed by atoms with E-state index in [1.807, 2.05) is 5.92 Å². The monoisotopic (exact) mass is 170 g/mol. The summed E-state index contributed by atoms with van der Waals surface area (Å²) in [5.41, 5.74) is 0. The average Bonchev–Trinajstić information content (AvgIpc) is 1.89. The van der Waals surface area contributed by atoms with Gasteiger partial charge in [-0.3, -0.25) is 4.89 Å². The van der Waals surface area contributed by atoms with Crippen LogP contribution in [0.15, 0.2) is 0 Å². The Morgan fingerprint density at radius 3 is 2.80 bits per heavy atom. The van der Waals surface area contributed by atoms with Crippen molar-refractivity contribution in [3.63, 3.8) is 0 Å². The highest BCUT2D eigenvalue weighted by Gasteiger charge is 2.23. The molecule has 0 heterocycles. The maximum Gasteiger partial charge on any atom is 0.530 e. The van der Waals surface area contributed by atoms with Crippen molar-refractivity contribution >= 4 is 7.82 Å². The number of halogens is 1. The van der Waals surface area contributed by atoms with Crippen LogP contribution in [0.5, 0.6) is 0 Å². The predicted octanol–water partition coefficient (Wildman–Crippen LogP) is 0.569. The van der Waals surface area contributed by atoms with E-state index < -0.39 is 7.82 Å². The molecule has 0 fully saturated rings. The molecule has 0 spiro atoms. The van der Waals surface area contributed by atoms with Crippen LogP contribution in [0.4, 0.5) is 4.53 Å². The lowest BCUT2D eigenvalue weighted by Crippen LogP contribution is -1.92. The van der Waals surface area contributed by atoms with Crippen LogP contribution in [0, 0.1) is 12.3 Å². The van der Waals surface area contributed by atoms with Crippen molar-refractivity contribution in [2.24, 2.45) is 0 Å². The molecule has 0 aliphatic rings. The maximum atomic E-state index is 10.9. The van der Waals surface area contributed by atoms with Gasteiger partial charge in [-0.05, 0) is 4.53 Å². The van der Waals surface area contributed by atoms with Crippen LogP contribution < -0.4 is 0 Å². The van der Waals surface area contributed by atoms with Gasteiger partial charge in [-0.25, -0.2) is 9.45 Å². The van der Waals surface area contributed by atoms with Crippen molar-refractivity contribution in [1.82, 2.24) is 0 Å². The first-order valence-corrected chi connectivity index (χ1v) is 3.50. The molecule has 1 unspecified atom stereocenters. The maximum absolute atomic E-state index is 10.9. The third kappa shape index (κ3) is 4.44. The smallest absolute Gasteiger partial charge is 0.299 e. The van der Waals surface area contributed by atoms with E-state index in [2.05, 4.69) is 20.7 Å². The highest BCUT2D eigenvalue weighted by atomic mass is 31.2. The summed E-state index contributed by atoms with van der Waals surface area (Å²) in [6.45, 7) is -0.367. The Hall–Kier alpha value is -0.440. The quantitative estimate of drug-likeness (QED) is 0.219. The minimum absolute atomic E-state index is 0.367. The van der Waals surface area contributed by atoms with Gasteiger partial charge in [0.25, 0.3) is 0 Å². The Labute approximate surface area is 56.1 Å². The van der Waals surface area contributed by atoms with Gasteiger partial charge in [-0.1, -0.05) is 10.6 Å². The predicted molar refractivity (Wildman–Crippen MR) is 27.9 cm³/mol. The molecule has 1 N–H and O–H groups in total. The molecule has 0 bridgehead atoms. The van der Waals surface area contributed by atoms with Crippen molar-refractivity contribution in [3.05, 3.63) is 0 Å². The second kappa shape index (κ2) is 4.39. The van der Waals surface area contributed by atoms with Crippen LogP contribution >= 0.6 is 7.82 Å². The largest absolute Gasteiger partial charge is 0.530 e. The zero-order chi connectivity index (χ0) is 8.04. The molecule has 1 atom stereocenters. The zero-order valence-corrected chi connectivity index (χ0v) is 5.58. The van der Waals surface area contributed by atoms with Gasteiger partial charge in [-0.2, -0.15) is 0 Å². The minimum atomic E-state index is -4.69. The van der Waals surface area contributed by atoms with E-state index in [1.165, 1.54) is 0 Å². The Morgan fingerprint density at radius 2 is 2.40 bits per heavy atom. The van der Waals surface area contributed by atoms with Crippen LogP contribution in [0.3, 0.4) is 0 Å². The summed E-state index contributed by atoms with van der Waals surface area (Å²) >= 11 is 0. The molecule has 0 aromatic carbocycles. The molecule has 10 heavy (non-hydrogen) atoms. The minimum Gasteiger partial charge on any atom is -0.299 e. The Bertz CT molecular complexity index is 174. The molecule has 7 heteroatoms. The fourth-order valence-electron chi connectivity index (χ4n) is 0.138. The number of hydrogen-bond donors (Lipinski definition) is 1. The lowest BCUT2D eigenvalue weighted by molar-refractivity contribution is -0.228. The summed E-state index contributed by atoms with van der Waals surface area (Å²) in [6, 6.07) is 0. The van der Waals surface area contributed by atoms with Gasteiger partial charge in [0.2, 0.25) is 0 Å². The fourth-order valence-corrected chi connectivity index (χ4v) is 0.347. The van der Waals surface area contributed by atoms with E-state index in [4.69, 9.17) is 4.89 Å². The van der Waals surface area contributed by atoms with Gasteiger partial charge in [0.05, 0.1) is 0 Å². The van der Waals surface area contributed by atoms with Crippen molar-refractivity contribution in [1.29, 1.82) is 0 Å². The Balaban J connectivity index is 3.50. The van der Waals surface area contributed by atoms with Crippen LogP contribution in [-0.2, 0) is 18.9 Å². The highest BCUT2D eigenvalue weighted by molar-refractivity contribution is 7.47. The van der Waals surface area contributed by atoms with Crippen molar-refractivity contribution in [2.75, 3.05) is 6.61 Å². The summed E-state index contributed by atoms with van der Waals surface area (Å²) < 4.78 is 26.9. The number of terminal acetylenes is 1. The first-order valence-electron chi connectivity index (χ1n) is 2.00. The first-order chi connectivity index (χ1) is 4.62. The van der Waals surface area contributed by atoms with Crippen LogP contribution in [-0.4, -0.2) is 11.5 Å². The van der Waals surface area contributed by atoms with Gasteiger partial charge in [0.1, 0.15) is 6.61 Å². The molecule has 0 saturated carbocycles. The summed E-state index contributed by atoms with van der Waals surface area (Å²) in [5.74, 6) is 1.91. The van der Waals surface area contributed by atoms with E-state index in [1.54, 1.807) is 0 Å².